The topological polar surface area (TPSA) is 61.4 Å². The minimum Gasteiger partial charge on any atom is -0.507 e. The summed E-state index contributed by atoms with van der Waals surface area (Å²) in [5.74, 6) is -4.86. The largest absolute Gasteiger partial charge is 0.507 e. The van der Waals surface area contributed by atoms with Gasteiger partial charge in [-0.15, -0.1) is 12.4 Å². The van der Waals surface area contributed by atoms with Gasteiger partial charge in [0.2, 0.25) is 5.91 Å². The summed E-state index contributed by atoms with van der Waals surface area (Å²) in [5, 5.41) is 13.5. The normalized spacial score (nSPS) is 20.3. The van der Waals surface area contributed by atoms with Crippen LogP contribution in [0.5, 0.6) is 5.75 Å². The highest BCUT2D eigenvalue weighted by Crippen LogP contribution is 2.37. The number of hydrogen-bond acceptors (Lipinski definition) is 3. The van der Waals surface area contributed by atoms with Crippen molar-refractivity contribution in [3.8, 4) is 5.75 Å². The average molecular weight is 347 g/mol. The van der Waals surface area contributed by atoms with Gasteiger partial charge in [-0.2, -0.15) is 13.2 Å². The van der Waals surface area contributed by atoms with Crippen LogP contribution in [0.3, 0.4) is 0 Å². The molecular weight excluding hydrogens is 335 g/mol. The number of halogens is 6. The number of aromatic hydroxyl groups is 1. The molecule has 0 saturated carbocycles. The number of carbonyl (C=O) groups is 1. The Balaban J connectivity index is 0.00000242. The molecule has 1 amide bonds. The first-order valence-electron chi connectivity index (χ1n) is 5.91. The summed E-state index contributed by atoms with van der Waals surface area (Å²) in [4.78, 5) is 11.7. The number of amides is 1. The van der Waals surface area contributed by atoms with Gasteiger partial charge in [-0.05, 0) is 18.2 Å². The number of carbonyl (C=O) groups excluding carboxylic acids is 1. The third-order valence-corrected chi connectivity index (χ3v) is 3.00. The van der Waals surface area contributed by atoms with Gasteiger partial charge >= 0.3 is 6.18 Å². The fraction of sp³-hybridized carbons (Fsp3) is 0.417. The third kappa shape index (κ3) is 4.20. The molecule has 1 aliphatic heterocycles. The molecule has 22 heavy (non-hydrogen) atoms. The molecule has 1 fully saturated rings. The molecule has 10 heteroatoms. The molecule has 124 valence electrons. The minimum absolute atomic E-state index is 0. The molecule has 4 nitrogen and oxygen atoms in total. The predicted molar refractivity (Wildman–Crippen MR) is 70.3 cm³/mol. The molecule has 0 bridgehead atoms. The lowest BCUT2D eigenvalue weighted by molar-refractivity contribution is -0.138. The Morgan fingerprint density at radius 2 is 2.00 bits per heavy atom. The van der Waals surface area contributed by atoms with Gasteiger partial charge in [0.15, 0.2) is 0 Å². The van der Waals surface area contributed by atoms with Gasteiger partial charge in [-0.1, -0.05) is 0 Å². The van der Waals surface area contributed by atoms with Crippen molar-refractivity contribution in [2.75, 3.05) is 11.9 Å². The van der Waals surface area contributed by atoms with E-state index in [1.54, 1.807) is 0 Å². The lowest BCUT2D eigenvalue weighted by Gasteiger charge is -2.14. The monoisotopic (exact) mass is 346 g/mol. The highest BCUT2D eigenvalue weighted by molar-refractivity contribution is 5.95. The van der Waals surface area contributed by atoms with E-state index in [0.717, 1.165) is 12.1 Å². The van der Waals surface area contributed by atoms with Gasteiger partial charge in [0.05, 0.1) is 18.2 Å². The quantitative estimate of drug-likeness (QED) is 0.570. The number of phenols is 1. The summed E-state index contributed by atoms with van der Waals surface area (Å²) in [6.45, 7) is -0.658. The fourth-order valence-electron chi connectivity index (χ4n) is 1.97. The summed E-state index contributed by atoms with van der Waals surface area (Å²) in [7, 11) is 0. The van der Waals surface area contributed by atoms with Crippen molar-refractivity contribution in [2.45, 2.75) is 24.6 Å². The first-order chi connectivity index (χ1) is 9.58. The van der Waals surface area contributed by atoms with Crippen molar-refractivity contribution in [3.05, 3.63) is 23.8 Å². The summed E-state index contributed by atoms with van der Waals surface area (Å²) < 4.78 is 63.6. The van der Waals surface area contributed by atoms with Crippen LogP contribution in [0.25, 0.3) is 0 Å². The number of hydrogen-bond donors (Lipinski definition) is 3. The van der Waals surface area contributed by atoms with Gasteiger partial charge in [0.25, 0.3) is 5.92 Å². The molecule has 0 radical (unpaired) electrons. The Kier molecular flexibility index (Phi) is 5.24. The van der Waals surface area contributed by atoms with Crippen molar-refractivity contribution in [2.24, 2.45) is 0 Å². The summed E-state index contributed by atoms with van der Waals surface area (Å²) in [6, 6.07) is 1.19. The maximum Gasteiger partial charge on any atom is 0.420 e. The maximum absolute atomic E-state index is 12.9. The Bertz CT molecular complexity index is 565. The molecule has 0 spiro atoms. The van der Waals surface area contributed by atoms with Crippen LogP contribution in [-0.2, 0) is 11.0 Å². The first-order valence-corrected chi connectivity index (χ1v) is 5.91. The van der Waals surface area contributed by atoms with Crippen LogP contribution in [0.1, 0.15) is 12.0 Å². The zero-order valence-corrected chi connectivity index (χ0v) is 11.7. The molecule has 0 aromatic heterocycles. The van der Waals surface area contributed by atoms with E-state index >= 15 is 0 Å². The van der Waals surface area contributed by atoms with Crippen LogP contribution in [0.4, 0.5) is 27.6 Å². The van der Waals surface area contributed by atoms with Gasteiger partial charge < -0.3 is 10.4 Å². The van der Waals surface area contributed by atoms with Crippen LogP contribution in [0.2, 0.25) is 0 Å². The molecule has 1 aromatic carbocycles. The number of alkyl halides is 5. The van der Waals surface area contributed by atoms with E-state index in [2.05, 4.69) is 10.6 Å². The number of benzene rings is 1. The van der Waals surface area contributed by atoms with Crippen molar-refractivity contribution in [3.63, 3.8) is 0 Å². The Morgan fingerprint density at radius 3 is 2.50 bits per heavy atom. The Hall–Kier alpha value is -1.61. The van der Waals surface area contributed by atoms with Crippen molar-refractivity contribution < 1.29 is 31.9 Å². The van der Waals surface area contributed by atoms with Gasteiger partial charge in [-0.3, -0.25) is 10.1 Å². The van der Waals surface area contributed by atoms with E-state index in [0.29, 0.717) is 6.07 Å². The maximum atomic E-state index is 12.9. The van der Waals surface area contributed by atoms with E-state index < -0.39 is 48.3 Å². The predicted octanol–water partition coefficient (Wildman–Crippen LogP) is 2.77. The molecule has 2 rings (SSSR count). The fourth-order valence-corrected chi connectivity index (χ4v) is 1.97. The summed E-state index contributed by atoms with van der Waals surface area (Å²) >= 11 is 0. The van der Waals surface area contributed by atoms with Gasteiger partial charge in [0.1, 0.15) is 5.75 Å². The highest BCUT2D eigenvalue weighted by Gasteiger charge is 2.42. The van der Waals surface area contributed by atoms with Crippen molar-refractivity contribution in [1.29, 1.82) is 0 Å². The average Bonchev–Trinajstić information content (AvgIpc) is 2.71. The van der Waals surface area contributed by atoms with Crippen molar-refractivity contribution >= 4 is 24.0 Å². The van der Waals surface area contributed by atoms with Crippen LogP contribution in [-0.4, -0.2) is 29.5 Å². The third-order valence-electron chi connectivity index (χ3n) is 3.00. The Morgan fingerprint density at radius 1 is 1.36 bits per heavy atom. The van der Waals surface area contributed by atoms with Crippen LogP contribution in [0.15, 0.2) is 18.2 Å². The minimum atomic E-state index is -4.79. The Labute approximate surface area is 128 Å². The standard InChI is InChI=1S/C12H11F5N2O2.ClH/c13-11(14)4-8(18-5-11)10(21)19-6-1-2-9(20)7(3-6)12(15,16)17;/h1-3,8,18,20H,4-5H2,(H,19,21);1H. The second-order valence-electron chi connectivity index (χ2n) is 4.71. The summed E-state index contributed by atoms with van der Waals surface area (Å²) in [5.41, 5.74) is -1.55. The first kappa shape index (κ1) is 18.4. The molecule has 3 N–H and O–H groups in total. The molecule has 1 saturated heterocycles. The molecular formula is C12H12ClF5N2O2. The van der Waals surface area contributed by atoms with Gasteiger partial charge in [-0.25, -0.2) is 8.78 Å². The lowest BCUT2D eigenvalue weighted by Crippen LogP contribution is -2.35. The zero-order chi connectivity index (χ0) is 15.8. The number of rotatable bonds is 2. The van der Waals surface area contributed by atoms with E-state index in [-0.39, 0.29) is 18.1 Å². The molecule has 1 heterocycles. The van der Waals surface area contributed by atoms with Gasteiger partial charge in [0, 0.05) is 12.1 Å². The van der Waals surface area contributed by atoms with E-state index in [9.17, 15) is 26.7 Å². The number of nitrogens with one attached hydrogen (secondary N) is 2. The molecule has 0 aliphatic carbocycles. The highest BCUT2D eigenvalue weighted by atomic mass is 35.5. The smallest absolute Gasteiger partial charge is 0.420 e. The van der Waals surface area contributed by atoms with E-state index in [4.69, 9.17) is 5.11 Å². The molecule has 1 aromatic rings. The number of phenolic OH excluding ortho intramolecular Hbond substituents is 1. The number of anilines is 1. The second-order valence-corrected chi connectivity index (χ2v) is 4.71. The lowest BCUT2D eigenvalue weighted by atomic mass is 10.1. The summed E-state index contributed by atoms with van der Waals surface area (Å²) in [6.07, 6.45) is -5.51. The van der Waals surface area contributed by atoms with E-state index in [1.807, 2.05) is 0 Å². The van der Waals surface area contributed by atoms with Crippen LogP contribution >= 0.6 is 12.4 Å². The van der Waals surface area contributed by atoms with Crippen LogP contribution in [0, 0.1) is 0 Å². The SMILES string of the molecule is Cl.O=C(Nc1ccc(O)c(C(F)(F)F)c1)C1CC(F)(F)CN1. The van der Waals surface area contributed by atoms with Crippen LogP contribution < -0.4 is 10.6 Å². The molecule has 1 unspecified atom stereocenters. The second kappa shape index (κ2) is 6.25. The molecule has 1 atom stereocenters. The van der Waals surface area contributed by atoms with E-state index in [1.165, 1.54) is 0 Å². The zero-order valence-electron chi connectivity index (χ0n) is 10.9. The van der Waals surface area contributed by atoms with Crippen molar-refractivity contribution in [1.82, 2.24) is 5.32 Å². The molecule has 1 aliphatic rings.